The third-order valence-electron chi connectivity index (χ3n) is 7.63. The van der Waals surface area contributed by atoms with Crippen LogP contribution in [0.5, 0.6) is 0 Å². The van der Waals surface area contributed by atoms with Crippen LogP contribution in [0.4, 0.5) is 0 Å². The highest BCUT2D eigenvalue weighted by molar-refractivity contribution is 5.77. The molecule has 4 atom stereocenters. The second-order valence-electron chi connectivity index (χ2n) is 12.3. The third-order valence-corrected chi connectivity index (χ3v) is 7.63. The molecular weight excluding hydrogens is 552 g/mol. The summed E-state index contributed by atoms with van der Waals surface area (Å²) >= 11 is 0. The summed E-state index contributed by atoms with van der Waals surface area (Å²) < 4.78 is 18.6. The number of aliphatic carboxylic acids is 1. The Morgan fingerprint density at radius 2 is 1.65 bits per heavy atom. The summed E-state index contributed by atoms with van der Waals surface area (Å²) in [6.07, 6.45) is 1.64. The van der Waals surface area contributed by atoms with Crippen molar-refractivity contribution < 1.29 is 38.8 Å². The summed E-state index contributed by atoms with van der Waals surface area (Å²) in [5.74, 6) is -1.30. The summed E-state index contributed by atoms with van der Waals surface area (Å²) in [5.41, 5.74) is 3.00. The normalized spacial score (nSPS) is 22.7. The molecule has 4 rings (SSSR count). The van der Waals surface area contributed by atoms with Crippen LogP contribution in [0.1, 0.15) is 93.9 Å². The smallest absolute Gasteiger partial charge is 0.323 e. The Balaban J connectivity index is 1.44. The highest BCUT2D eigenvalue weighted by Crippen LogP contribution is 2.39. The second-order valence-corrected chi connectivity index (χ2v) is 12.3. The molecule has 0 unspecified atom stereocenters. The van der Waals surface area contributed by atoms with Gasteiger partial charge in [0.1, 0.15) is 11.6 Å². The van der Waals surface area contributed by atoms with Gasteiger partial charge in [0, 0.05) is 37.9 Å². The number of amides is 1. The van der Waals surface area contributed by atoms with Crippen molar-refractivity contribution in [3.8, 4) is 0 Å². The maximum Gasteiger partial charge on any atom is 0.323 e. The number of likely N-dealkylation sites (tertiary alicyclic amines) is 1. The monoisotopic (exact) mass is 596 g/mol. The third kappa shape index (κ3) is 9.86. The number of hydrogen-bond donors (Lipinski definition) is 3. The molecule has 0 spiro atoms. The van der Waals surface area contributed by atoms with E-state index < -0.39 is 17.9 Å². The van der Waals surface area contributed by atoms with E-state index in [1.807, 2.05) is 69.3 Å². The largest absolute Gasteiger partial charge is 0.481 e. The Morgan fingerprint density at radius 1 is 0.977 bits per heavy atom. The number of esters is 1. The highest BCUT2D eigenvalue weighted by Gasteiger charge is 2.38. The van der Waals surface area contributed by atoms with Gasteiger partial charge < -0.3 is 29.7 Å². The van der Waals surface area contributed by atoms with Crippen molar-refractivity contribution in [3.05, 3.63) is 70.8 Å². The SMILES string of the molecule is CC(C)(C)OC(=O)[C@@H]1CCCN1C[C@H]1C[C@@H](c2ccc(CO)cc2)O[C@@H](c2ccc(CNC(=O)CCCC(=O)O)cc2)O1. The number of rotatable bonds is 12. The van der Waals surface area contributed by atoms with Crippen LogP contribution in [0.2, 0.25) is 0 Å². The molecule has 0 bridgehead atoms. The van der Waals surface area contributed by atoms with Crippen LogP contribution in [-0.2, 0) is 41.7 Å². The van der Waals surface area contributed by atoms with Gasteiger partial charge in [-0.05, 0) is 63.3 Å². The number of ether oxygens (including phenoxy) is 3. The molecule has 2 aromatic carbocycles. The van der Waals surface area contributed by atoms with Gasteiger partial charge in [0.05, 0.1) is 18.8 Å². The van der Waals surface area contributed by atoms with Crippen LogP contribution in [0.15, 0.2) is 48.5 Å². The van der Waals surface area contributed by atoms with Crippen molar-refractivity contribution in [1.82, 2.24) is 10.2 Å². The van der Waals surface area contributed by atoms with Crippen molar-refractivity contribution in [2.24, 2.45) is 0 Å². The zero-order valence-corrected chi connectivity index (χ0v) is 25.3. The van der Waals surface area contributed by atoms with Gasteiger partial charge in [0.2, 0.25) is 5.91 Å². The van der Waals surface area contributed by atoms with Gasteiger partial charge >= 0.3 is 11.9 Å². The number of aliphatic hydroxyl groups excluding tert-OH is 1. The fraction of sp³-hybridized carbons (Fsp3) is 0.545. The van der Waals surface area contributed by atoms with Crippen LogP contribution in [0, 0.1) is 0 Å². The molecule has 0 radical (unpaired) electrons. The molecule has 43 heavy (non-hydrogen) atoms. The quantitative estimate of drug-likeness (QED) is 0.305. The maximum absolute atomic E-state index is 13.0. The average molecular weight is 597 g/mol. The fourth-order valence-corrected chi connectivity index (χ4v) is 5.46. The standard InChI is InChI=1S/C33H44N2O8/c1-33(2,3)43-31(40)27-6-5-17-35(27)20-26-18-28(24-13-11-23(21-36)12-14-24)42-32(41-26)25-15-9-22(10-16-25)19-34-29(37)7-4-8-30(38)39/h9-16,26-28,32,36H,4-8,17-21H2,1-3H3,(H,34,37)(H,38,39)/t26-,27+,28+,32+/m1/s1. The van der Waals surface area contributed by atoms with Crippen LogP contribution < -0.4 is 5.32 Å². The van der Waals surface area contributed by atoms with Crippen LogP contribution >= 0.6 is 0 Å². The van der Waals surface area contributed by atoms with Gasteiger partial charge in [-0.25, -0.2) is 0 Å². The fourth-order valence-electron chi connectivity index (χ4n) is 5.46. The Hall–Kier alpha value is -3.31. The lowest BCUT2D eigenvalue weighted by Gasteiger charge is -2.38. The van der Waals surface area contributed by atoms with Crippen LogP contribution in [0.25, 0.3) is 0 Å². The van der Waals surface area contributed by atoms with E-state index in [2.05, 4.69) is 10.2 Å². The first-order valence-electron chi connectivity index (χ1n) is 15.1. The molecule has 10 nitrogen and oxygen atoms in total. The number of carbonyl (C=O) groups excluding carboxylic acids is 2. The predicted molar refractivity (Wildman–Crippen MR) is 159 cm³/mol. The molecule has 2 heterocycles. The first-order valence-corrected chi connectivity index (χ1v) is 15.1. The zero-order valence-electron chi connectivity index (χ0n) is 25.3. The number of nitrogens with one attached hydrogen (secondary N) is 1. The van der Waals surface area contributed by atoms with Crippen molar-refractivity contribution in [2.75, 3.05) is 13.1 Å². The van der Waals surface area contributed by atoms with Gasteiger partial charge in [-0.15, -0.1) is 0 Å². The first-order chi connectivity index (χ1) is 20.5. The number of nitrogens with zero attached hydrogens (tertiary/aromatic N) is 1. The van der Waals surface area contributed by atoms with Crippen molar-refractivity contribution in [2.45, 2.75) is 103 Å². The van der Waals surface area contributed by atoms with Gasteiger partial charge in [-0.1, -0.05) is 48.5 Å². The maximum atomic E-state index is 13.0. The minimum Gasteiger partial charge on any atom is -0.481 e. The van der Waals surface area contributed by atoms with Crippen molar-refractivity contribution >= 4 is 17.8 Å². The van der Waals surface area contributed by atoms with Crippen molar-refractivity contribution in [3.63, 3.8) is 0 Å². The molecular formula is C33H44N2O8. The topological polar surface area (TPSA) is 135 Å². The molecule has 0 aliphatic carbocycles. The Bertz CT molecular complexity index is 1220. The molecule has 10 heteroatoms. The van der Waals surface area contributed by atoms with E-state index in [0.29, 0.717) is 25.9 Å². The summed E-state index contributed by atoms with van der Waals surface area (Å²) in [6, 6.07) is 15.1. The number of hydrogen-bond acceptors (Lipinski definition) is 8. The number of benzene rings is 2. The molecule has 2 aromatic rings. The van der Waals surface area contributed by atoms with Crippen molar-refractivity contribution in [1.29, 1.82) is 0 Å². The first kappa shape index (κ1) is 32.6. The number of aliphatic hydroxyl groups is 1. The van der Waals surface area contributed by atoms with Crippen LogP contribution in [-0.4, -0.2) is 63.8 Å². The van der Waals surface area contributed by atoms with Gasteiger partial charge in [-0.2, -0.15) is 0 Å². The Morgan fingerprint density at radius 3 is 2.30 bits per heavy atom. The lowest BCUT2D eigenvalue weighted by molar-refractivity contribution is -0.253. The molecule has 0 saturated carbocycles. The molecule has 0 aromatic heterocycles. The number of carboxylic acid groups (broad SMARTS) is 1. The molecule has 2 aliphatic heterocycles. The van der Waals surface area contributed by atoms with E-state index in [1.54, 1.807) is 0 Å². The van der Waals surface area contributed by atoms with E-state index in [1.165, 1.54) is 0 Å². The van der Waals surface area contributed by atoms with E-state index in [-0.39, 0.29) is 49.6 Å². The molecule has 234 valence electrons. The molecule has 3 N–H and O–H groups in total. The number of carboxylic acids is 1. The minimum atomic E-state index is -0.912. The van der Waals surface area contributed by atoms with Gasteiger partial charge in [0.25, 0.3) is 0 Å². The van der Waals surface area contributed by atoms with E-state index in [4.69, 9.17) is 19.3 Å². The van der Waals surface area contributed by atoms with E-state index in [9.17, 15) is 19.5 Å². The molecule has 2 fully saturated rings. The molecule has 2 aliphatic rings. The zero-order chi connectivity index (χ0) is 31.0. The Labute approximate surface area is 253 Å². The lowest BCUT2D eigenvalue weighted by atomic mass is 9.99. The van der Waals surface area contributed by atoms with Crippen LogP contribution in [0.3, 0.4) is 0 Å². The summed E-state index contributed by atoms with van der Waals surface area (Å²) in [7, 11) is 0. The van der Waals surface area contributed by atoms with E-state index >= 15 is 0 Å². The summed E-state index contributed by atoms with van der Waals surface area (Å²) in [4.78, 5) is 37.8. The van der Waals surface area contributed by atoms with Gasteiger partial charge in [0.15, 0.2) is 6.29 Å². The van der Waals surface area contributed by atoms with E-state index in [0.717, 1.165) is 41.6 Å². The molecule has 2 saturated heterocycles. The predicted octanol–water partition coefficient (Wildman–Crippen LogP) is 4.40. The highest BCUT2D eigenvalue weighted by atomic mass is 16.7. The average Bonchev–Trinajstić information content (AvgIpc) is 3.43. The summed E-state index contributed by atoms with van der Waals surface area (Å²) in [5, 5.41) is 21.1. The second kappa shape index (κ2) is 14.9. The summed E-state index contributed by atoms with van der Waals surface area (Å²) in [6.45, 7) is 7.31. The lowest BCUT2D eigenvalue weighted by Crippen LogP contribution is -2.45. The minimum absolute atomic E-state index is 0.0313. The molecule has 1 amide bonds. The number of carbonyl (C=O) groups is 3. The van der Waals surface area contributed by atoms with Gasteiger partial charge in [-0.3, -0.25) is 19.3 Å². The Kier molecular flexibility index (Phi) is 11.3.